The molecule has 0 unspecified atom stereocenters. The lowest BCUT2D eigenvalue weighted by molar-refractivity contribution is -0.114. The zero-order valence-corrected chi connectivity index (χ0v) is 6.21. The first-order valence-electron chi connectivity index (χ1n) is 3.30. The average Bonchev–Trinajstić information content (AvgIpc) is 1.98. The number of allylic oxidation sites excluding steroid dienone is 5. The van der Waals surface area contributed by atoms with Crippen molar-refractivity contribution < 1.29 is 4.79 Å². The van der Waals surface area contributed by atoms with Gasteiger partial charge in [0.1, 0.15) is 0 Å². The van der Waals surface area contributed by atoms with E-state index in [9.17, 15) is 4.79 Å². The summed E-state index contributed by atoms with van der Waals surface area (Å²) in [5, 5.41) is 0. The molecule has 1 nitrogen and oxygen atoms in total. The lowest BCUT2D eigenvalue weighted by Crippen LogP contribution is -1.85. The van der Waals surface area contributed by atoms with E-state index in [0.717, 1.165) is 0 Å². The Hall–Kier alpha value is -1.11. The average molecular weight is 136 g/mol. The topological polar surface area (TPSA) is 17.1 Å². The quantitative estimate of drug-likeness (QED) is 0.428. The maximum absolute atomic E-state index is 10.6. The predicted molar refractivity (Wildman–Crippen MR) is 43.8 cm³/mol. The van der Waals surface area contributed by atoms with Gasteiger partial charge in [0, 0.05) is 6.42 Å². The molecule has 10 heavy (non-hydrogen) atoms. The fourth-order valence-corrected chi connectivity index (χ4v) is 0.423. The normalized spacial score (nSPS) is 10.9. The fraction of sp³-hybridized carbons (Fsp3) is 0.222. The Kier molecular flexibility index (Phi) is 5.35. The van der Waals surface area contributed by atoms with Gasteiger partial charge in [-0.2, -0.15) is 0 Å². The molecule has 0 N–H and O–H groups in total. The smallest absolute Gasteiger partial charge is 0.155 e. The second kappa shape index (κ2) is 6.02. The van der Waals surface area contributed by atoms with Gasteiger partial charge in [-0.3, -0.25) is 4.79 Å². The zero-order valence-electron chi connectivity index (χ0n) is 6.21. The van der Waals surface area contributed by atoms with Gasteiger partial charge in [0.05, 0.1) is 0 Å². The Bertz CT molecular complexity index is 164. The van der Waals surface area contributed by atoms with Gasteiger partial charge < -0.3 is 0 Å². The van der Waals surface area contributed by atoms with E-state index < -0.39 is 0 Å². The lowest BCUT2D eigenvalue weighted by Gasteiger charge is -1.80. The second-order valence-electron chi connectivity index (χ2n) is 1.80. The molecule has 0 aliphatic carbocycles. The van der Waals surface area contributed by atoms with Gasteiger partial charge in [-0.05, 0) is 6.08 Å². The minimum absolute atomic E-state index is 0.147. The van der Waals surface area contributed by atoms with Crippen molar-refractivity contribution in [2.24, 2.45) is 0 Å². The molecule has 0 amide bonds. The van der Waals surface area contributed by atoms with E-state index in [1.807, 2.05) is 6.92 Å². The molecular formula is C9H12O. The minimum atomic E-state index is 0.147. The molecule has 1 heteroatoms. The molecule has 0 aliphatic rings. The van der Waals surface area contributed by atoms with E-state index >= 15 is 0 Å². The highest BCUT2D eigenvalue weighted by atomic mass is 16.1. The highest BCUT2D eigenvalue weighted by Gasteiger charge is 1.84. The number of rotatable bonds is 4. The van der Waals surface area contributed by atoms with Crippen LogP contribution in [-0.4, -0.2) is 5.78 Å². The Labute approximate surface area is 61.8 Å². The van der Waals surface area contributed by atoms with Crippen LogP contribution in [0.1, 0.15) is 13.3 Å². The minimum Gasteiger partial charge on any atom is -0.295 e. The van der Waals surface area contributed by atoms with Crippen LogP contribution in [0.5, 0.6) is 0 Å². The molecule has 0 aromatic heterocycles. The van der Waals surface area contributed by atoms with Crippen molar-refractivity contribution in [3.05, 3.63) is 37.0 Å². The number of carbonyl (C=O) groups is 1. The summed E-state index contributed by atoms with van der Waals surface area (Å²) >= 11 is 0. The van der Waals surface area contributed by atoms with Crippen molar-refractivity contribution in [3.8, 4) is 0 Å². The van der Waals surface area contributed by atoms with Crippen LogP contribution < -0.4 is 0 Å². The molecule has 0 fully saturated rings. The first-order chi connectivity index (χ1) is 4.81. The number of carbonyl (C=O) groups excluding carboxylic acids is 1. The third-order valence-electron chi connectivity index (χ3n) is 0.989. The summed E-state index contributed by atoms with van der Waals surface area (Å²) in [5.41, 5.74) is 0. The molecule has 0 rings (SSSR count). The summed E-state index contributed by atoms with van der Waals surface area (Å²) in [5.74, 6) is 0.147. The van der Waals surface area contributed by atoms with Crippen LogP contribution in [-0.2, 0) is 4.79 Å². The summed E-state index contributed by atoms with van der Waals surface area (Å²) in [6, 6.07) is 0. The van der Waals surface area contributed by atoms with Crippen molar-refractivity contribution in [1.29, 1.82) is 0 Å². The molecule has 0 atom stereocenters. The van der Waals surface area contributed by atoms with Crippen LogP contribution in [0.4, 0.5) is 0 Å². The Morgan fingerprint density at radius 2 is 2.10 bits per heavy atom. The monoisotopic (exact) mass is 136 g/mol. The lowest BCUT2D eigenvalue weighted by atomic mass is 10.3. The zero-order chi connectivity index (χ0) is 7.82. The third kappa shape index (κ3) is 5.04. The number of hydrogen-bond acceptors (Lipinski definition) is 1. The molecule has 0 saturated carbocycles. The Morgan fingerprint density at radius 1 is 1.40 bits per heavy atom. The maximum atomic E-state index is 10.6. The van der Waals surface area contributed by atoms with Crippen LogP contribution in [0.3, 0.4) is 0 Å². The number of ketones is 1. The molecule has 0 bridgehead atoms. The first-order valence-corrected chi connectivity index (χ1v) is 3.30. The van der Waals surface area contributed by atoms with Crippen molar-refractivity contribution >= 4 is 5.78 Å². The molecule has 0 spiro atoms. The van der Waals surface area contributed by atoms with E-state index in [1.54, 1.807) is 30.4 Å². The third-order valence-corrected chi connectivity index (χ3v) is 0.989. The maximum Gasteiger partial charge on any atom is 0.155 e. The van der Waals surface area contributed by atoms with Crippen LogP contribution in [0.15, 0.2) is 37.0 Å². The fourth-order valence-electron chi connectivity index (χ4n) is 0.423. The van der Waals surface area contributed by atoms with Crippen molar-refractivity contribution in [3.63, 3.8) is 0 Å². The second-order valence-corrected chi connectivity index (χ2v) is 1.80. The molecule has 0 aliphatic heterocycles. The van der Waals surface area contributed by atoms with E-state index in [0.29, 0.717) is 6.42 Å². The van der Waals surface area contributed by atoms with Crippen molar-refractivity contribution in [1.82, 2.24) is 0 Å². The van der Waals surface area contributed by atoms with Gasteiger partial charge in [0.15, 0.2) is 5.78 Å². The summed E-state index contributed by atoms with van der Waals surface area (Å²) < 4.78 is 0. The molecule has 0 saturated heterocycles. The van der Waals surface area contributed by atoms with Gasteiger partial charge in [-0.15, -0.1) is 0 Å². The molecule has 0 aromatic rings. The Balaban J connectivity index is 3.65. The standard InChI is InChI=1S/C9H12O/c1-3-5-6-7-8-9(10)4-2/h3,5-8H,1,4H2,2H3. The molecule has 0 aromatic carbocycles. The van der Waals surface area contributed by atoms with E-state index in [1.165, 1.54) is 0 Å². The highest BCUT2D eigenvalue weighted by molar-refractivity contribution is 5.89. The van der Waals surface area contributed by atoms with Crippen LogP contribution in [0.2, 0.25) is 0 Å². The number of hydrogen-bond donors (Lipinski definition) is 0. The summed E-state index contributed by atoms with van der Waals surface area (Å²) in [4.78, 5) is 10.6. The molecule has 54 valence electrons. The van der Waals surface area contributed by atoms with Gasteiger partial charge in [0.25, 0.3) is 0 Å². The van der Waals surface area contributed by atoms with Gasteiger partial charge in [-0.1, -0.05) is 37.8 Å². The largest absolute Gasteiger partial charge is 0.295 e. The summed E-state index contributed by atoms with van der Waals surface area (Å²) in [6.45, 7) is 5.33. The summed E-state index contributed by atoms with van der Waals surface area (Å²) in [6.07, 6.45) is 9.06. The van der Waals surface area contributed by atoms with E-state index in [4.69, 9.17) is 0 Å². The van der Waals surface area contributed by atoms with Crippen molar-refractivity contribution in [2.75, 3.05) is 0 Å². The summed E-state index contributed by atoms with van der Waals surface area (Å²) in [7, 11) is 0. The predicted octanol–water partition coefficient (Wildman–Crippen LogP) is 2.26. The van der Waals surface area contributed by atoms with Crippen molar-refractivity contribution in [2.45, 2.75) is 13.3 Å². The Morgan fingerprint density at radius 3 is 2.60 bits per heavy atom. The highest BCUT2D eigenvalue weighted by Crippen LogP contribution is 1.84. The molecule has 0 heterocycles. The van der Waals surface area contributed by atoms with E-state index in [-0.39, 0.29) is 5.78 Å². The molecular weight excluding hydrogens is 124 g/mol. The van der Waals surface area contributed by atoms with Crippen LogP contribution in [0.25, 0.3) is 0 Å². The van der Waals surface area contributed by atoms with Gasteiger partial charge in [-0.25, -0.2) is 0 Å². The van der Waals surface area contributed by atoms with Gasteiger partial charge >= 0.3 is 0 Å². The van der Waals surface area contributed by atoms with Gasteiger partial charge in [0.2, 0.25) is 0 Å². The first kappa shape index (κ1) is 8.89. The van der Waals surface area contributed by atoms with E-state index in [2.05, 4.69) is 6.58 Å². The SMILES string of the molecule is C=CC=CC=CC(=O)CC. The van der Waals surface area contributed by atoms with Crippen LogP contribution >= 0.6 is 0 Å². The molecule has 0 radical (unpaired) electrons. The van der Waals surface area contributed by atoms with Crippen LogP contribution in [0, 0.1) is 0 Å².